The van der Waals surface area contributed by atoms with Crippen molar-refractivity contribution < 1.29 is 4.74 Å². The van der Waals surface area contributed by atoms with Crippen LogP contribution in [0, 0.1) is 13.8 Å². The van der Waals surface area contributed by atoms with Crippen LogP contribution in [-0.4, -0.2) is 20.2 Å². The van der Waals surface area contributed by atoms with Crippen molar-refractivity contribution in [3.05, 3.63) is 28.8 Å². The highest BCUT2D eigenvalue weighted by molar-refractivity contribution is 5.45. The van der Waals surface area contributed by atoms with Crippen molar-refractivity contribution in [2.24, 2.45) is 0 Å². The molecule has 14 heavy (non-hydrogen) atoms. The molecule has 1 aliphatic heterocycles. The van der Waals surface area contributed by atoms with Gasteiger partial charge in [0.1, 0.15) is 5.75 Å². The zero-order valence-electron chi connectivity index (χ0n) is 9.05. The van der Waals surface area contributed by atoms with Crippen molar-refractivity contribution in [2.75, 3.05) is 20.2 Å². The molecule has 0 bridgehead atoms. The minimum Gasteiger partial charge on any atom is -0.496 e. The van der Waals surface area contributed by atoms with Crippen LogP contribution in [0.2, 0.25) is 0 Å². The molecule has 1 aliphatic rings. The van der Waals surface area contributed by atoms with Gasteiger partial charge in [0.15, 0.2) is 0 Å². The van der Waals surface area contributed by atoms with Gasteiger partial charge in [0.05, 0.1) is 7.11 Å². The Hall–Kier alpha value is -1.02. The molecule has 1 heterocycles. The van der Waals surface area contributed by atoms with Crippen molar-refractivity contribution >= 4 is 0 Å². The molecule has 0 amide bonds. The Morgan fingerprint density at radius 1 is 1.21 bits per heavy atom. The first-order chi connectivity index (χ1) is 6.74. The minimum atomic E-state index is 0.708. The minimum absolute atomic E-state index is 0.708. The molecule has 1 aromatic rings. The van der Waals surface area contributed by atoms with Crippen LogP contribution in [0.3, 0.4) is 0 Å². The third-order valence-corrected chi connectivity index (χ3v) is 3.22. The van der Waals surface area contributed by atoms with Gasteiger partial charge in [0.25, 0.3) is 0 Å². The molecule has 0 saturated carbocycles. The largest absolute Gasteiger partial charge is 0.496 e. The van der Waals surface area contributed by atoms with Crippen molar-refractivity contribution in [2.45, 2.75) is 19.8 Å². The van der Waals surface area contributed by atoms with E-state index in [0.29, 0.717) is 5.92 Å². The Kier molecular flexibility index (Phi) is 2.46. The molecule has 0 radical (unpaired) electrons. The Balaban J connectivity index is 2.38. The lowest BCUT2D eigenvalue weighted by Crippen LogP contribution is -2.40. The number of hydrogen-bond acceptors (Lipinski definition) is 2. The molecule has 0 aliphatic carbocycles. The quantitative estimate of drug-likeness (QED) is 0.772. The summed E-state index contributed by atoms with van der Waals surface area (Å²) in [6.07, 6.45) is 0. The topological polar surface area (TPSA) is 21.3 Å². The van der Waals surface area contributed by atoms with Crippen molar-refractivity contribution in [3.63, 3.8) is 0 Å². The molecule has 1 aromatic carbocycles. The molecule has 1 fully saturated rings. The molecule has 1 saturated heterocycles. The van der Waals surface area contributed by atoms with Crippen LogP contribution in [0.4, 0.5) is 0 Å². The SMILES string of the molecule is COc1ccc(C2CNC2)c(C)c1C. The number of methoxy groups -OCH3 is 1. The lowest BCUT2D eigenvalue weighted by atomic mass is 9.88. The van der Waals surface area contributed by atoms with Gasteiger partial charge in [-0.15, -0.1) is 0 Å². The maximum absolute atomic E-state index is 5.30. The lowest BCUT2D eigenvalue weighted by molar-refractivity contribution is 0.409. The highest BCUT2D eigenvalue weighted by Gasteiger charge is 2.21. The van der Waals surface area contributed by atoms with Crippen LogP contribution in [0.15, 0.2) is 12.1 Å². The summed E-state index contributed by atoms with van der Waals surface area (Å²) in [5.41, 5.74) is 4.13. The van der Waals surface area contributed by atoms with Gasteiger partial charge in [0, 0.05) is 19.0 Å². The van der Waals surface area contributed by atoms with Crippen LogP contribution in [0.1, 0.15) is 22.6 Å². The fourth-order valence-electron chi connectivity index (χ4n) is 1.99. The summed E-state index contributed by atoms with van der Waals surface area (Å²) in [5, 5.41) is 3.30. The summed E-state index contributed by atoms with van der Waals surface area (Å²) in [6.45, 7) is 6.55. The first-order valence-electron chi connectivity index (χ1n) is 5.09. The van der Waals surface area contributed by atoms with Gasteiger partial charge < -0.3 is 10.1 Å². The van der Waals surface area contributed by atoms with Crippen LogP contribution in [0.5, 0.6) is 5.75 Å². The van der Waals surface area contributed by atoms with E-state index in [1.54, 1.807) is 7.11 Å². The summed E-state index contributed by atoms with van der Waals surface area (Å²) in [4.78, 5) is 0. The van der Waals surface area contributed by atoms with E-state index in [2.05, 4.69) is 31.3 Å². The predicted molar refractivity (Wildman–Crippen MR) is 58.1 cm³/mol. The van der Waals surface area contributed by atoms with Crippen LogP contribution < -0.4 is 10.1 Å². The molecule has 0 atom stereocenters. The number of ether oxygens (including phenoxy) is 1. The molecule has 1 N–H and O–H groups in total. The van der Waals surface area contributed by atoms with Crippen LogP contribution >= 0.6 is 0 Å². The van der Waals surface area contributed by atoms with E-state index in [0.717, 1.165) is 18.8 Å². The fraction of sp³-hybridized carbons (Fsp3) is 0.500. The first kappa shape index (κ1) is 9.53. The Morgan fingerprint density at radius 2 is 1.93 bits per heavy atom. The molecule has 0 spiro atoms. The summed E-state index contributed by atoms with van der Waals surface area (Å²) in [6, 6.07) is 4.28. The van der Waals surface area contributed by atoms with E-state index < -0.39 is 0 Å². The summed E-state index contributed by atoms with van der Waals surface area (Å²) >= 11 is 0. The smallest absolute Gasteiger partial charge is 0.122 e. The van der Waals surface area contributed by atoms with E-state index in [9.17, 15) is 0 Å². The van der Waals surface area contributed by atoms with Crippen molar-refractivity contribution in [1.29, 1.82) is 0 Å². The van der Waals surface area contributed by atoms with Gasteiger partial charge in [-0.1, -0.05) is 6.07 Å². The van der Waals surface area contributed by atoms with E-state index in [4.69, 9.17) is 4.74 Å². The maximum Gasteiger partial charge on any atom is 0.122 e. The average Bonchev–Trinajstić information content (AvgIpc) is 2.10. The van der Waals surface area contributed by atoms with Gasteiger partial charge in [-0.05, 0) is 36.6 Å². The van der Waals surface area contributed by atoms with E-state index >= 15 is 0 Å². The molecular formula is C12H17NO. The first-order valence-corrected chi connectivity index (χ1v) is 5.09. The number of hydrogen-bond donors (Lipinski definition) is 1. The third-order valence-electron chi connectivity index (χ3n) is 3.22. The molecule has 0 unspecified atom stereocenters. The molecule has 0 aromatic heterocycles. The maximum atomic E-state index is 5.30. The highest BCUT2D eigenvalue weighted by Crippen LogP contribution is 2.30. The Bertz CT molecular complexity index is 342. The summed E-state index contributed by atoms with van der Waals surface area (Å²) in [5.74, 6) is 1.71. The molecule has 2 nitrogen and oxygen atoms in total. The van der Waals surface area contributed by atoms with Gasteiger partial charge in [-0.2, -0.15) is 0 Å². The predicted octanol–water partition coefficient (Wildman–Crippen LogP) is 2.00. The van der Waals surface area contributed by atoms with Crippen molar-refractivity contribution in [3.8, 4) is 5.75 Å². The Labute approximate surface area is 85.3 Å². The van der Waals surface area contributed by atoms with E-state index in [-0.39, 0.29) is 0 Å². The van der Waals surface area contributed by atoms with E-state index in [1.807, 2.05) is 0 Å². The van der Waals surface area contributed by atoms with E-state index in [1.165, 1.54) is 16.7 Å². The zero-order valence-corrected chi connectivity index (χ0v) is 9.05. The van der Waals surface area contributed by atoms with Crippen LogP contribution in [-0.2, 0) is 0 Å². The second-order valence-corrected chi connectivity index (χ2v) is 3.96. The number of nitrogens with one attached hydrogen (secondary N) is 1. The molecule has 76 valence electrons. The van der Waals surface area contributed by atoms with Gasteiger partial charge >= 0.3 is 0 Å². The zero-order chi connectivity index (χ0) is 10.1. The number of benzene rings is 1. The monoisotopic (exact) mass is 191 g/mol. The average molecular weight is 191 g/mol. The summed E-state index contributed by atoms with van der Waals surface area (Å²) in [7, 11) is 1.73. The van der Waals surface area contributed by atoms with Gasteiger partial charge in [-0.25, -0.2) is 0 Å². The van der Waals surface area contributed by atoms with Crippen molar-refractivity contribution in [1.82, 2.24) is 5.32 Å². The standard InChI is InChI=1S/C12H17NO/c1-8-9(2)12(14-3)5-4-11(8)10-6-13-7-10/h4-5,10,13H,6-7H2,1-3H3. The molecule has 2 heteroatoms. The highest BCUT2D eigenvalue weighted by atomic mass is 16.5. The molecular weight excluding hydrogens is 174 g/mol. The second-order valence-electron chi connectivity index (χ2n) is 3.96. The molecule has 2 rings (SSSR count). The van der Waals surface area contributed by atoms with Gasteiger partial charge in [-0.3, -0.25) is 0 Å². The normalized spacial score (nSPS) is 16.5. The number of rotatable bonds is 2. The second kappa shape index (κ2) is 3.62. The Morgan fingerprint density at radius 3 is 2.43 bits per heavy atom. The van der Waals surface area contributed by atoms with Gasteiger partial charge in [0.2, 0.25) is 0 Å². The fourth-order valence-corrected chi connectivity index (χ4v) is 1.99. The summed E-state index contributed by atoms with van der Waals surface area (Å²) < 4.78 is 5.30. The van der Waals surface area contributed by atoms with Crippen LogP contribution in [0.25, 0.3) is 0 Å². The third kappa shape index (κ3) is 1.40. The lowest BCUT2D eigenvalue weighted by Gasteiger charge is -2.29.